The molecule has 34 heavy (non-hydrogen) atoms. The fraction of sp³-hybridized carbons (Fsp3) is 0.357. The highest BCUT2D eigenvalue weighted by atomic mass is 16.5. The number of hydrogen-bond acceptors (Lipinski definition) is 5. The summed E-state index contributed by atoms with van der Waals surface area (Å²) in [6.07, 6.45) is 7.97. The molecule has 1 atom stereocenters. The Morgan fingerprint density at radius 1 is 1.18 bits per heavy atom. The Kier molecular flexibility index (Phi) is 6.61. The van der Waals surface area contributed by atoms with E-state index >= 15 is 0 Å². The molecule has 2 aliphatic heterocycles. The van der Waals surface area contributed by atoms with Crippen LogP contribution in [-0.2, 0) is 6.54 Å². The van der Waals surface area contributed by atoms with E-state index in [1.165, 1.54) is 19.4 Å². The van der Waals surface area contributed by atoms with Gasteiger partial charge in [0.15, 0.2) is 0 Å². The normalized spacial score (nSPS) is 17.8. The Morgan fingerprint density at radius 2 is 2.06 bits per heavy atom. The van der Waals surface area contributed by atoms with E-state index in [4.69, 9.17) is 4.74 Å². The van der Waals surface area contributed by atoms with Crippen LogP contribution in [0.2, 0.25) is 0 Å². The molecule has 0 spiro atoms. The summed E-state index contributed by atoms with van der Waals surface area (Å²) in [5.74, 6) is 2.19. The summed E-state index contributed by atoms with van der Waals surface area (Å²) in [5, 5.41) is 17.7. The van der Waals surface area contributed by atoms with E-state index in [1.54, 1.807) is 7.11 Å². The van der Waals surface area contributed by atoms with Crippen LogP contribution >= 0.6 is 0 Å². The molecule has 2 aromatic carbocycles. The number of methoxy groups -OCH3 is 1. The van der Waals surface area contributed by atoms with Crippen LogP contribution in [0.15, 0.2) is 48.7 Å². The largest absolute Gasteiger partial charge is 0.508 e. The third-order valence-electron chi connectivity index (χ3n) is 7.19. The number of fused-ring (bicyclic) bond motifs is 1. The minimum atomic E-state index is 0.341. The number of para-hydroxylation sites is 1. The third-order valence-corrected chi connectivity index (χ3v) is 7.19. The molecular weight excluding hydrogens is 424 g/mol. The van der Waals surface area contributed by atoms with Gasteiger partial charge in [-0.15, -0.1) is 0 Å². The topological polar surface area (TPSA) is 72.5 Å². The average molecular weight is 459 g/mol. The zero-order chi connectivity index (χ0) is 23.5. The minimum absolute atomic E-state index is 0.341. The van der Waals surface area contributed by atoms with Gasteiger partial charge < -0.3 is 30.4 Å². The molecule has 178 valence electrons. The highest BCUT2D eigenvalue weighted by Gasteiger charge is 2.21. The summed E-state index contributed by atoms with van der Waals surface area (Å²) in [6, 6.07) is 14.8. The van der Waals surface area contributed by atoms with Crippen LogP contribution in [0.3, 0.4) is 0 Å². The number of aromatic nitrogens is 1. The number of benzene rings is 2. The second-order valence-electron chi connectivity index (χ2n) is 9.30. The SMILES string of the molecule is COc1ccccc1-c1c[nH]c2c1C=C(c1ccc(CNCCC3CCCN3C)c(O)c1)CN2. The van der Waals surface area contributed by atoms with E-state index in [1.807, 2.05) is 36.5 Å². The molecule has 0 bridgehead atoms. The maximum atomic E-state index is 10.7. The van der Waals surface area contributed by atoms with Crippen molar-refractivity contribution in [3.63, 3.8) is 0 Å². The molecule has 6 heteroatoms. The van der Waals surface area contributed by atoms with Crippen molar-refractivity contribution in [2.45, 2.75) is 31.8 Å². The van der Waals surface area contributed by atoms with Crippen LogP contribution in [-0.4, -0.2) is 54.8 Å². The molecule has 0 radical (unpaired) electrons. The number of H-pyrrole nitrogens is 1. The van der Waals surface area contributed by atoms with Crippen LogP contribution < -0.4 is 15.4 Å². The maximum absolute atomic E-state index is 10.7. The first-order valence-corrected chi connectivity index (χ1v) is 12.2. The van der Waals surface area contributed by atoms with E-state index in [2.05, 4.69) is 45.8 Å². The predicted octanol–water partition coefficient (Wildman–Crippen LogP) is 4.94. The summed E-state index contributed by atoms with van der Waals surface area (Å²) >= 11 is 0. The van der Waals surface area contributed by atoms with Gasteiger partial charge in [0.2, 0.25) is 0 Å². The Morgan fingerprint density at radius 3 is 2.85 bits per heavy atom. The van der Waals surface area contributed by atoms with Gasteiger partial charge in [0.05, 0.1) is 7.11 Å². The van der Waals surface area contributed by atoms with Crippen LogP contribution in [0, 0.1) is 0 Å². The molecule has 6 nitrogen and oxygen atoms in total. The number of likely N-dealkylation sites (tertiary alicyclic amines) is 1. The minimum Gasteiger partial charge on any atom is -0.508 e. The third kappa shape index (κ3) is 4.56. The van der Waals surface area contributed by atoms with Gasteiger partial charge in [-0.05, 0) is 68.7 Å². The summed E-state index contributed by atoms with van der Waals surface area (Å²) in [5.41, 5.74) is 6.35. The lowest BCUT2D eigenvalue weighted by molar-refractivity contribution is 0.293. The summed E-state index contributed by atoms with van der Waals surface area (Å²) in [4.78, 5) is 5.80. The van der Waals surface area contributed by atoms with Crippen molar-refractivity contribution in [3.05, 3.63) is 65.4 Å². The second kappa shape index (κ2) is 9.95. The average Bonchev–Trinajstić information content (AvgIpc) is 3.47. The number of nitrogens with one attached hydrogen (secondary N) is 3. The molecule has 0 saturated carbocycles. The van der Waals surface area contributed by atoms with Crippen molar-refractivity contribution < 1.29 is 9.84 Å². The lowest BCUT2D eigenvalue weighted by Crippen LogP contribution is -2.29. The van der Waals surface area contributed by atoms with E-state index in [-0.39, 0.29) is 0 Å². The lowest BCUT2D eigenvalue weighted by Gasteiger charge is -2.20. The van der Waals surface area contributed by atoms with Gasteiger partial charge in [0, 0.05) is 47.6 Å². The molecule has 5 rings (SSSR count). The number of nitrogens with zero attached hydrogens (tertiary/aromatic N) is 1. The number of aromatic hydroxyl groups is 1. The number of anilines is 1. The van der Waals surface area contributed by atoms with E-state index < -0.39 is 0 Å². The van der Waals surface area contributed by atoms with Crippen molar-refractivity contribution in [1.29, 1.82) is 0 Å². The molecule has 1 unspecified atom stereocenters. The number of ether oxygens (including phenoxy) is 1. The van der Waals surface area contributed by atoms with Crippen LogP contribution in [0.5, 0.6) is 11.5 Å². The van der Waals surface area contributed by atoms with Gasteiger partial charge in [-0.3, -0.25) is 0 Å². The van der Waals surface area contributed by atoms with Crippen molar-refractivity contribution in [1.82, 2.24) is 15.2 Å². The Hall–Kier alpha value is -3.22. The number of hydrogen-bond donors (Lipinski definition) is 4. The fourth-order valence-corrected chi connectivity index (χ4v) is 5.16. The molecule has 1 saturated heterocycles. The zero-order valence-electron chi connectivity index (χ0n) is 20.0. The molecule has 1 aromatic heterocycles. The second-order valence-corrected chi connectivity index (χ2v) is 9.30. The van der Waals surface area contributed by atoms with Gasteiger partial charge in [-0.1, -0.05) is 30.3 Å². The fourth-order valence-electron chi connectivity index (χ4n) is 5.16. The predicted molar refractivity (Wildman–Crippen MR) is 139 cm³/mol. The molecule has 2 aliphatic rings. The van der Waals surface area contributed by atoms with Crippen molar-refractivity contribution in [2.75, 3.05) is 39.1 Å². The monoisotopic (exact) mass is 458 g/mol. The standard InChI is InChI=1S/C28H34N4O2/c1-32-13-5-6-22(32)11-12-29-16-20-10-9-19(15-26(20)33)21-14-24-25(18-31-28(24)30-17-21)23-7-3-4-8-27(23)34-2/h3-4,7-10,14-15,18,22,29-31,33H,5-6,11-13,16-17H2,1-2H3. The zero-order valence-corrected chi connectivity index (χ0v) is 20.0. The van der Waals surface area contributed by atoms with Crippen molar-refractivity contribution in [3.8, 4) is 22.6 Å². The van der Waals surface area contributed by atoms with Gasteiger partial charge in [0.1, 0.15) is 17.3 Å². The summed E-state index contributed by atoms with van der Waals surface area (Å²) in [6.45, 7) is 3.56. The summed E-state index contributed by atoms with van der Waals surface area (Å²) < 4.78 is 5.58. The van der Waals surface area contributed by atoms with Crippen LogP contribution in [0.25, 0.3) is 22.8 Å². The smallest absolute Gasteiger partial charge is 0.126 e. The molecule has 4 N–H and O–H groups in total. The van der Waals surface area contributed by atoms with E-state index in [0.717, 1.165) is 57.9 Å². The number of phenols is 1. The summed E-state index contributed by atoms with van der Waals surface area (Å²) in [7, 11) is 3.91. The Labute approximate surface area is 201 Å². The number of aromatic amines is 1. The van der Waals surface area contributed by atoms with Crippen molar-refractivity contribution >= 4 is 17.5 Å². The quantitative estimate of drug-likeness (QED) is 0.360. The van der Waals surface area contributed by atoms with E-state index in [9.17, 15) is 5.11 Å². The van der Waals surface area contributed by atoms with Crippen molar-refractivity contribution in [2.24, 2.45) is 0 Å². The van der Waals surface area contributed by atoms with Crippen LogP contribution in [0.4, 0.5) is 5.82 Å². The van der Waals surface area contributed by atoms with Gasteiger partial charge in [-0.25, -0.2) is 0 Å². The number of phenolic OH excluding ortho intramolecular Hbond substituents is 1. The molecule has 3 heterocycles. The van der Waals surface area contributed by atoms with Gasteiger partial charge in [0.25, 0.3) is 0 Å². The highest BCUT2D eigenvalue weighted by molar-refractivity contribution is 5.96. The molecule has 0 amide bonds. The highest BCUT2D eigenvalue weighted by Crippen LogP contribution is 2.39. The maximum Gasteiger partial charge on any atom is 0.126 e. The molecular formula is C28H34N4O2. The first-order chi connectivity index (χ1) is 16.6. The Balaban J connectivity index is 1.30. The lowest BCUT2D eigenvalue weighted by atomic mass is 9.95. The van der Waals surface area contributed by atoms with Crippen LogP contribution in [0.1, 0.15) is 36.0 Å². The van der Waals surface area contributed by atoms with E-state index in [0.29, 0.717) is 24.9 Å². The molecule has 1 fully saturated rings. The Bertz CT molecular complexity index is 1180. The molecule has 0 aliphatic carbocycles. The molecule has 3 aromatic rings. The van der Waals surface area contributed by atoms with Gasteiger partial charge in [-0.2, -0.15) is 0 Å². The number of rotatable bonds is 8. The van der Waals surface area contributed by atoms with Gasteiger partial charge >= 0.3 is 0 Å². The first kappa shape index (κ1) is 22.6. The first-order valence-electron chi connectivity index (χ1n) is 12.2.